The number of carbonyl (C=O) groups excluding carboxylic acids is 2. The van der Waals surface area contributed by atoms with Crippen LogP contribution in [0.25, 0.3) is 0 Å². The highest BCUT2D eigenvalue weighted by Gasteiger charge is 2.20. The Hall–Kier alpha value is -2.85. The third kappa shape index (κ3) is 4.21. The summed E-state index contributed by atoms with van der Waals surface area (Å²) >= 11 is 0. The second-order valence-corrected chi connectivity index (χ2v) is 6.85. The molecule has 1 heterocycles. The summed E-state index contributed by atoms with van der Waals surface area (Å²) < 4.78 is 40.2. The summed E-state index contributed by atoms with van der Waals surface area (Å²) in [4.78, 5) is 23.9. The van der Waals surface area contributed by atoms with Gasteiger partial charge in [0.25, 0.3) is 15.9 Å². The van der Waals surface area contributed by atoms with Gasteiger partial charge in [-0.1, -0.05) is 6.07 Å². The van der Waals surface area contributed by atoms with Gasteiger partial charge >= 0.3 is 5.97 Å². The SMILES string of the molecule is CNS(=O)(=O)c1ccc(C(=O)NCc2ccc(OC)c(C(=O)OC)c2)o1. The predicted octanol–water partition coefficient (Wildman–Crippen LogP) is 0.913. The summed E-state index contributed by atoms with van der Waals surface area (Å²) in [5.74, 6) is -0.971. The molecule has 0 saturated carbocycles. The second-order valence-electron chi connectivity index (χ2n) is 5.04. The fourth-order valence-electron chi connectivity index (χ4n) is 2.09. The van der Waals surface area contributed by atoms with Gasteiger partial charge in [0.2, 0.25) is 5.09 Å². The molecule has 10 heteroatoms. The third-order valence-corrected chi connectivity index (χ3v) is 4.75. The molecule has 0 saturated heterocycles. The van der Waals surface area contributed by atoms with Gasteiger partial charge in [0.1, 0.15) is 11.3 Å². The Morgan fingerprint density at radius 3 is 2.50 bits per heavy atom. The van der Waals surface area contributed by atoms with E-state index in [1.165, 1.54) is 39.5 Å². The first-order chi connectivity index (χ1) is 12.3. The Labute approximate surface area is 150 Å². The van der Waals surface area contributed by atoms with Gasteiger partial charge < -0.3 is 19.2 Å². The quantitative estimate of drug-likeness (QED) is 0.682. The van der Waals surface area contributed by atoms with Crippen LogP contribution in [0.5, 0.6) is 5.75 Å². The number of benzene rings is 1. The molecule has 1 aromatic carbocycles. The molecule has 0 fully saturated rings. The zero-order valence-corrected chi connectivity index (χ0v) is 15.2. The average Bonchev–Trinajstić information content (AvgIpc) is 3.16. The molecule has 1 amide bonds. The van der Waals surface area contributed by atoms with Gasteiger partial charge in [-0.2, -0.15) is 0 Å². The van der Waals surface area contributed by atoms with E-state index in [0.717, 1.165) is 0 Å². The lowest BCUT2D eigenvalue weighted by atomic mass is 10.1. The Bertz CT molecular complexity index is 918. The highest BCUT2D eigenvalue weighted by atomic mass is 32.2. The molecule has 140 valence electrons. The Balaban J connectivity index is 2.11. The van der Waals surface area contributed by atoms with Crippen LogP contribution < -0.4 is 14.8 Å². The van der Waals surface area contributed by atoms with Crippen LogP contribution in [0.2, 0.25) is 0 Å². The molecule has 1 aromatic heterocycles. The first-order valence-electron chi connectivity index (χ1n) is 7.39. The largest absolute Gasteiger partial charge is 0.496 e. The molecule has 2 aromatic rings. The number of hydrogen-bond donors (Lipinski definition) is 2. The van der Waals surface area contributed by atoms with Crippen molar-refractivity contribution in [3.05, 3.63) is 47.2 Å². The lowest BCUT2D eigenvalue weighted by Gasteiger charge is -2.09. The van der Waals surface area contributed by atoms with Crippen molar-refractivity contribution in [2.24, 2.45) is 0 Å². The van der Waals surface area contributed by atoms with Gasteiger partial charge in [0.15, 0.2) is 5.76 Å². The molecule has 0 unspecified atom stereocenters. The zero-order chi connectivity index (χ0) is 19.3. The lowest BCUT2D eigenvalue weighted by molar-refractivity contribution is 0.0597. The van der Waals surface area contributed by atoms with E-state index in [1.54, 1.807) is 12.1 Å². The summed E-state index contributed by atoms with van der Waals surface area (Å²) in [7, 11) is 0.152. The molecule has 0 atom stereocenters. The normalized spacial score (nSPS) is 11.0. The summed E-state index contributed by atoms with van der Waals surface area (Å²) in [6.45, 7) is 0.0850. The van der Waals surface area contributed by atoms with E-state index in [0.29, 0.717) is 11.3 Å². The predicted molar refractivity (Wildman–Crippen MR) is 90.5 cm³/mol. The molecule has 0 aliphatic heterocycles. The highest BCUT2D eigenvalue weighted by Crippen LogP contribution is 2.21. The van der Waals surface area contributed by atoms with Gasteiger partial charge in [0.05, 0.1) is 14.2 Å². The maximum atomic E-state index is 12.1. The van der Waals surface area contributed by atoms with Crippen LogP contribution in [0.15, 0.2) is 39.8 Å². The number of ether oxygens (including phenoxy) is 2. The number of esters is 1. The summed E-state index contributed by atoms with van der Waals surface area (Å²) in [6, 6.07) is 7.23. The smallest absolute Gasteiger partial charge is 0.341 e. The van der Waals surface area contributed by atoms with Gasteiger partial charge in [0, 0.05) is 6.54 Å². The Morgan fingerprint density at radius 2 is 1.88 bits per heavy atom. The van der Waals surface area contributed by atoms with Gasteiger partial charge in [-0.15, -0.1) is 0 Å². The molecule has 0 aliphatic rings. The van der Waals surface area contributed by atoms with E-state index in [4.69, 9.17) is 9.15 Å². The lowest BCUT2D eigenvalue weighted by Crippen LogP contribution is -2.22. The Kier molecular flexibility index (Phi) is 6.01. The number of furan rings is 1. The molecule has 0 bridgehead atoms. The summed E-state index contributed by atoms with van der Waals surface area (Å²) in [5.41, 5.74) is 0.844. The first kappa shape index (κ1) is 19.5. The third-order valence-electron chi connectivity index (χ3n) is 3.46. The monoisotopic (exact) mass is 382 g/mol. The number of nitrogens with one attached hydrogen (secondary N) is 2. The van der Waals surface area contributed by atoms with Crippen molar-refractivity contribution in [2.75, 3.05) is 21.3 Å². The number of carbonyl (C=O) groups is 2. The topological polar surface area (TPSA) is 124 Å². The average molecular weight is 382 g/mol. The molecule has 0 aliphatic carbocycles. The van der Waals surface area contributed by atoms with Crippen molar-refractivity contribution in [1.29, 1.82) is 0 Å². The van der Waals surface area contributed by atoms with E-state index in [9.17, 15) is 18.0 Å². The van der Waals surface area contributed by atoms with Crippen molar-refractivity contribution in [3.8, 4) is 5.75 Å². The number of rotatable bonds is 7. The van der Waals surface area contributed by atoms with Crippen molar-refractivity contribution in [2.45, 2.75) is 11.6 Å². The molecule has 2 rings (SSSR count). The molecule has 26 heavy (non-hydrogen) atoms. The summed E-state index contributed by atoms with van der Waals surface area (Å²) in [6.07, 6.45) is 0. The molecule has 9 nitrogen and oxygen atoms in total. The van der Waals surface area contributed by atoms with E-state index < -0.39 is 21.9 Å². The van der Waals surface area contributed by atoms with Crippen LogP contribution in [0.4, 0.5) is 0 Å². The molecule has 0 spiro atoms. The minimum absolute atomic E-state index is 0.0850. The summed E-state index contributed by atoms with van der Waals surface area (Å²) in [5, 5.41) is 2.22. The van der Waals surface area contributed by atoms with Gasteiger partial charge in [-0.3, -0.25) is 4.79 Å². The van der Waals surface area contributed by atoms with Crippen molar-refractivity contribution in [1.82, 2.24) is 10.0 Å². The second kappa shape index (κ2) is 8.02. The van der Waals surface area contributed by atoms with Crippen LogP contribution in [0.3, 0.4) is 0 Å². The van der Waals surface area contributed by atoms with Gasteiger partial charge in [-0.05, 0) is 36.9 Å². The number of methoxy groups -OCH3 is 2. The standard InChI is InChI=1S/C16H18N2O7S/c1-17-26(21,22)14-7-6-13(25-14)15(19)18-9-10-4-5-12(23-2)11(8-10)16(20)24-3/h4-8,17H,9H2,1-3H3,(H,18,19). The first-order valence-corrected chi connectivity index (χ1v) is 8.87. The van der Waals surface area contributed by atoms with E-state index in [2.05, 4.69) is 14.8 Å². The van der Waals surface area contributed by atoms with Crippen LogP contribution in [-0.2, 0) is 21.3 Å². The molecule has 2 N–H and O–H groups in total. The van der Waals surface area contributed by atoms with Crippen molar-refractivity contribution < 1.29 is 31.9 Å². The fourth-order valence-corrected chi connectivity index (χ4v) is 2.74. The molecular weight excluding hydrogens is 364 g/mol. The van der Waals surface area contributed by atoms with Crippen molar-refractivity contribution in [3.63, 3.8) is 0 Å². The van der Waals surface area contributed by atoms with Crippen LogP contribution in [0.1, 0.15) is 26.5 Å². The molecule has 0 radical (unpaired) electrons. The van der Waals surface area contributed by atoms with Crippen LogP contribution in [0, 0.1) is 0 Å². The highest BCUT2D eigenvalue weighted by molar-refractivity contribution is 7.89. The van der Waals surface area contributed by atoms with Crippen LogP contribution in [-0.4, -0.2) is 41.6 Å². The minimum atomic E-state index is -3.77. The zero-order valence-electron chi connectivity index (χ0n) is 14.4. The fraction of sp³-hybridized carbons (Fsp3) is 0.250. The number of amides is 1. The van der Waals surface area contributed by atoms with E-state index >= 15 is 0 Å². The van der Waals surface area contributed by atoms with E-state index in [1.807, 2.05) is 0 Å². The number of hydrogen-bond acceptors (Lipinski definition) is 7. The maximum Gasteiger partial charge on any atom is 0.341 e. The van der Waals surface area contributed by atoms with Crippen molar-refractivity contribution >= 4 is 21.9 Å². The maximum absolute atomic E-state index is 12.1. The molecular formula is C16H18N2O7S. The Morgan fingerprint density at radius 1 is 1.15 bits per heavy atom. The van der Waals surface area contributed by atoms with Gasteiger partial charge in [-0.25, -0.2) is 17.9 Å². The minimum Gasteiger partial charge on any atom is -0.496 e. The number of sulfonamides is 1. The van der Waals surface area contributed by atoms with E-state index in [-0.39, 0.29) is 23.0 Å². The van der Waals surface area contributed by atoms with Crippen LogP contribution >= 0.6 is 0 Å².